The Morgan fingerprint density at radius 2 is 1.78 bits per heavy atom. The van der Waals surface area contributed by atoms with E-state index < -0.39 is 11.0 Å². The number of hydrogen-bond donors (Lipinski definition) is 0. The highest BCUT2D eigenvalue weighted by molar-refractivity contribution is 6.31. The minimum absolute atomic E-state index is 0.0273. The van der Waals surface area contributed by atoms with Gasteiger partial charge in [-0.3, -0.25) is 14.7 Å². The first-order chi connectivity index (χ1) is 17.6. The first-order valence-corrected chi connectivity index (χ1v) is 13.1. The molecule has 192 valence electrons. The number of hydrogen-bond acceptors (Lipinski definition) is 4. The van der Waals surface area contributed by atoms with Crippen LogP contribution in [0.25, 0.3) is 0 Å². The molecule has 0 aliphatic carbocycles. The van der Waals surface area contributed by atoms with Crippen LogP contribution in [-0.2, 0) is 14.9 Å². The zero-order chi connectivity index (χ0) is 26.4. The van der Waals surface area contributed by atoms with Gasteiger partial charge in [0.2, 0.25) is 0 Å². The molecule has 2 heterocycles. The summed E-state index contributed by atoms with van der Waals surface area (Å²) in [4.78, 5) is 20.0. The van der Waals surface area contributed by atoms with Crippen molar-refractivity contribution >= 4 is 41.1 Å². The zero-order valence-corrected chi connectivity index (χ0v) is 22.6. The first-order valence-electron chi connectivity index (χ1n) is 12.4. The Morgan fingerprint density at radius 3 is 2.51 bits per heavy atom. The maximum Gasteiger partial charge on any atom is 0.320 e. The second-order valence-corrected chi connectivity index (χ2v) is 11.6. The minimum atomic E-state index is -0.696. The molecule has 37 heavy (non-hydrogen) atoms. The third-order valence-corrected chi connectivity index (χ3v) is 7.58. The maximum absolute atomic E-state index is 14.7. The number of benzene rings is 3. The van der Waals surface area contributed by atoms with Gasteiger partial charge in [-0.25, -0.2) is 4.39 Å². The lowest BCUT2D eigenvalue weighted by Gasteiger charge is -2.52. The molecule has 2 aliphatic rings. The molecule has 0 bridgehead atoms. The number of esters is 1. The van der Waals surface area contributed by atoms with Crippen LogP contribution >= 0.6 is 23.2 Å². The first kappa shape index (κ1) is 25.9. The summed E-state index contributed by atoms with van der Waals surface area (Å²) in [5, 5.41) is 1.24. The van der Waals surface area contributed by atoms with Gasteiger partial charge in [-0.2, -0.15) is 0 Å². The standard InChI is InChI=1S/C30H29Cl2FN2O2/c1-29(2,3)37-27(36)17-35-13-12-24(19-6-4-8-21(31)14-19)30(28(35)20-7-5-9-23(33)15-20)18-34-26-16-22(32)10-11-25(26)30/h4-11,14-16,18,24,28H,12-13,17H2,1-3H3. The van der Waals surface area contributed by atoms with Crippen molar-refractivity contribution in [2.75, 3.05) is 13.1 Å². The normalized spacial score (nSPS) is 23.3. The van der Waals surface area contributed by atoms with Gasteiger partial charge < -0.3 is 4.74 Å². The smallest absolute Gasteiger partial charge is 0.320 e. The van der Waals surface area contributed by atoms with Crippen LogP contribution in [-0.4, -0.2) is 35.8 Å². The SMILES string of the molecule is CC(C)(C)OC(=O)CN1CCC(c2cccc(Cl)c2)C2(C=Nc3cc(Cl)ccc32)C1c1cccc(F)c1. The minimum Gasteiger partial charge on any atom is -0.459 e. The summed E-state index contributed by atoms with van der Waals surface area (Å²) in [6, 6.07) is 19.8. The summed E-state index contributed by atoms with van der Waals surface area (Å²) in [5.41, 5.74) is 2.30. The molecular weight excluding hydrogens is 510 g/mol. The predicted octanol–water partition coefficient (Wildman–Crippen LogP) is 7.66. The fraction of sp³-hybridized carbons (Fsp3) is 0.333. The Hall–Kier alpha value is -2.73. The summed E-state index contributed by atoms with van der Waals surface area (Å²) in [5.74, 6) is -0.682. The quantitative estimate of drug-likeness (QED) is 0.320. The number of aliphatic imine (C=N–C) groups is 1. The second kappa shape index (κ2) is 9.86. The van der Waals surface area contributed by atoms with Crippen molar-refractivity contribution in [2.45, 2.75) is 50.2 Å². The van der Waals surface area contributed by atoms with E-state index >= 15 is 0 Å². The van der Waals surface area contributed by atoms with Crippen LogP contribution in [0.3, 0.4) is 0 Å². The van der Waals surface area contributed by atoms with Crippen LogP contribution in [0.2, 0.25) is 10.0 Å². The second-order valence-electron chi connectivity index (χ2n) is 10.8. The summed E-state index contributed by atoms with van der Waals surface area (Å²) in [6.07, 6.45) is 2.71. The fourth-order valence-electron chi connectivity index (χ4n) is 5.91. The number of rotatable bonds is 4. The Kier molecular flexibility index (Phi) is 6.90. The van der Waals surface area contributed by atoms with Gasteiger partial charge in [0.05, 0.1) is 23.7 Å². The van der Waals surface area contributed by atoms with Gasteiger partial charge in [-0.05, 0) is 80.3 Å². The lowest BCUT2D eigenvalue weighted by Crippen LogP contribution is -2.54. The number of carbonyl (C=O) groups is 1. The van der Waals surface area contributed by atoms with Crippen LogP contribution in [0.5, 0.6) is 0 Å². The third kappa shape index (κ3) is 5.05. The van der Waals surface area contributed by atoms with Crippen molar-refractivity contribution in [1.29, 1.82) is 0 Å². The molecule has 2 aliphatic heterocycles. The van der Waals surface area contributed by atoms with Gasteiger partial charge in [0.25, 0.3) is 0 Å². The van der Waals surface area contributed by atoms with Crippen LogP contribution in [0.4, 0.5) is 10.1 Å². The summed E-state index contributed by atoms with van der Waals surface area (Å²) < 4.78 is 20.3. The molecule has 1 fully saturated rings. The molecule has 5 rings (SSSR count). The average Bonchev–Trinajstić information content (AvgIpc) is 3.16. The van der Waals surface area contributed by atoms with Crippen LogP contribution in [0.15, 0.2) is 71.7 Å². The van der Waals surface area contributed by atoms with Crippen LogP contribution in [0, 0.1) is 5.82 Å². The molecule has 4 nitrogen and oxygen atoms in total. The molecule has 0 amide bonds. The zero-order valence-electron chi connectivity index (χ0n) is 21.0. The molecular formula is C30H29Cl2FN2O2. The molecule has 1 spiro atoms. The Bertz CT molecular complexity index is 1370. The van der Waals surface area contributed by atoms with Gasteiger partial charge in [0.15, 0.2) is 0 Å². The van der Waals surface area contributed by atoms with E-state index in [0.717, 1.165) is 28.8 Å². The van der Waals surface area contributed by atoms with E-state index in [1.165, 1.54) is 6.07 Å². The number of ether oxygens (including phenoxy) is 1. The molecule has 3 unspecified atom stereocenters. The monoisotopic (exact) mass is 538 g/mol. The summed E-state index contributed by atoms with van der Waals surface area (Å²) >= 11 is 12.8. The molecule has 0 radical (unpaired) electrons. The lowest BCUT2D eigenvalue weighted by molar-refractivity contribution is -0.157. The number of carbonyl (C=O) groups excluding carboxylic acids is 1. The molecule has 7 heteroatoms. The number of likely N-dealkylation sites (tertiary alicyclic amines) is 1. The van der Waals surface area contributed by atoms with Crippen LogP contribution in [0.1, 0.15) is 55.8 Å². The van der Waals surface area contributed by atoms with E-state index in [1.807, 2.05) is 69.5 Å². The van der Waals surface area contributed by atoms with Gasteiger partial charge in [0, 0.05) is 28.7 Å². The number of nitrogens with zero attached hydrogens (tertiary/aromatic N) is 2. The Morgan fingerprint density at radius 1 is 1.05 bits per heavy atom. The van der Waals surface area contributed by atoms with Gasteiger partial charge in [0.1, 0.15) is 11.4 Å². The average molecular weight is 539 g/mol. The van der Waals surface area contributed by atoms with E-state index in [2.05, 4.69) is 11.0 Å². The highest BCUT2D eigenvalue weighted by Crippen LogP contribution is 2.58. The van der Waals surface area contributed by atoms with Gasteiger partial charge >= 0.3 is 5.97 Å². The van der Waals surface area contributed by atoms with E-state index in [9.17, 15) is 9.18 Å². The molecule has 0 N–H and O–H groups in total. The highest BCUT2D eigenvalue weighted by atomic mass is 35.5. The van der Waals surface area contributed by atoms with Crippen molar-refractivity contribution in [3.63, 3.8) is 0 Å². The number of piperidine rings is 1. The van der Waals surface area contributed by atoms with E-state index in [1.54, 1.807) is 12.1 Å². The topological polar surface area (TPSA) is 41.9 Å². The van der Waals surface area contributed by atoms with Crippen molar-refractivity contribution in [1.82, 2.24) is 4.90 Å². The maximum atomic E-state index is 14.7. The molecule has 1 saturated heterocycles. The largest absolute Gasteiger partial charge is 0.459 e. The number of halogens is 3. The van der Waals surface area contributed by atoms with E-state index in [-0.39, 0.29) is 30.3 Å². The van der Waals surface area contributed by atoms with Crippen molar-refractivity contribution in [3.05, 3.63) is 99.3 Å². The van der Waals surface area contributed by atoms with E-state index in [4.69, 9.17) is 32.9 Å². The number of fused-ring (bicyclic) bond motifs is 2. The van der Waals surface area contributed by atoms with Crippen molar-refractivity contribution in [3.8, 4) is 0 Å². The molecule has 3 aromatic carbocycles. The summed E-state index contributed by atoms with van der Waals surface area (Å²) in [6.45, 7) is 6.23. The third-order valence-electron chi connectivity index (χ3n) is 7.11. The predicted molar refractivity (Wildman–Crippen MR) is 147 cm³/mol. The van der Waals surface area contributed by atoms with Gasteiger partial charge in [-0.1, -0.05) is 53.5 Å². The molecule has 0 aromatic heterocycles. The molecule has 3 aromatic rings. The van der Waals surface area contributed by atoms with Gasteiger partial charge in [-0.15, -0.1) is 0 Å². The van der Waals surface area contributed by atoms with Crippen LogP contribution < -0.4 is 0 Å². The Balaban J connectivity index is 1.71. The highest BCUT2D eigenvalue weighted by Gasteiger charge is 2.55. The lowest BCUT2D eigenvalue weighted by atomic mass is 9.59. The Labute approximate surface area is 227 Å². The van der Waals surface area contributed by atoms with E-state index in [0.29, 0.717) is 16.6 Å². The van der Waals surface area contributed by atoms with Crippen molar-refractivity contribution < 1.29 is 13.9 Å². The summed E-state index contributed by atoms with van der Waals surface area (Å²) in [7, 11) is 0. The molecule has 0 saturated carbocycles. The molecule has 3 atom stereocenters. The van der Waals surface area contributed by atoms with Crippen molar-refractivity contribution in [2.24, 2.45) is 4.99 Å². The fourth-order valence-corrected chi connectivity index (χ4v) is 6.28.